The van der Waals surface area contributed by atoms with Crippen molar-refractivity contribution in [1.82, 2.24) is 15.2 Å². The molecule has 0 bridgehead atoms. The van der Waals surface area contributed by atoms with Crippen molar-refractivity contribution in [1.29, 1.82) is 0 Å². The van der Waals surface area contributed by atoms with Gasteiger partial charge < -0.3 is 16.0 Å². The standard InChI is InChI=1S/C15H20F2N4O/c16-15(17)5-8-21(9-6-15)10-7-19-14(22)4-2-12-1-3-13(18)20-11-12/h1-4,11H,5-10H2,(H2,18,20)(H,19,22)/b4-2+. The highest BCUT2D eigenvalue weighted by molar-refractivity contribution is 5.91. The van der Waals surface area contributed by atoms with E-state index >= 15 is 0 Å². The van der Waals surface area contributed by atoms with Gasteiger partial charge in [-0.05, 0) is 23.8 Å². The van der Waals surface area contributed by atoms with E-state index in [2.05, 4.69) is 10.3 Å². The maximum absolute atomic E-state index is 13.0. The number of carbonyl (C=O) groups excluding carboxylic acids is 1. The summed E-state index contributed by atoms with van der Waals surface area (Å²) in [5, 5.41) is 2.73. The molecule has 5 nitrogen and oxygen atoms in total. The summed E-state index contributed by atoms with van der Waals surface area (Å²) in [4.78, 5) is 17.5. The number of nitrogens with two attached hydrogens (primary N) is 1. The van der Waals surface area contributed by atoms with Crippen LogP contribution < -0.4 is 11.1 Å². The molecule has 7 heteroatoms. The summed E-state index contributed by atoms with van der Waals surface area (Å²) in [5.74, 6) is -2.33. The highest BCUT2D eigenvalue weighted by Crippen LogP contribution is 2.27. The van der Waals surface area contributed by atoms with E-state index in [9.17, 15) is 13.6 Å². The second-order valence-electron chi connectivity index (χ2n) is 5.34. The van der Waals surface area contributed by atoms with Crippen molar-refractivity contribution in [3.63, 3.8) is 0 Å². The molecule has 1 aromatic rings. The second kappa shape index (κ2) is 7.31. The molecule has 0 spiro atoms. The van der Waals surface area contributed by atoms with E-state index < -0.39 is 5.92 Å². The number of alkyl halides is 2. The number of hydrogen-bond donors (Lipinski definition) is 2. The molecule has 1 aromatic heterocycles. The van der Waals surface area contributed by atoms with Gasteiger partial charge >= 0.3 is 0 Å². The summed E-state index contributed by atoms with van der Waals surface area (Å²) in [6.45, 7) is 1.76. The molecule has 0 aromatic carbocycles. The van der Waals surface area contributed by atoms with Gasteiger partial charge in [0.2, 0.25) is 5.91 Å². The summed E-state index contributed by atoms with van der Waals surface area (Å²) in [7, 11) is 0. The quantitative estimate of drug-likeness (QED) is 0.809. The van der Waals surface area contributed by atoms with Crippen LogP contribution in [0.15, 0.2) is 24.4 Å². The van der Waals surface area contributed by atoms with Crippen LogP contribution in [-0.4, -0.2) is 47.9 Å². The fourth-order valence-corrected chi connectivity index (χ4v) is 2.19. The summed E-state index contributed by atoms with van der Waals surface area (Å²) in [6, 6.07) is 3.42. The highest BCUT2D eigenvalue weighted by Gasteiger charge is 2.33. The number of amides is 1. The van der Waals surface area contributed by atoms with E-state index in [1.807, 2.05) is 4.90 Å². The van der Waals surface area contributed by atoms with Gasteiger partial charge in [-0.3, -0.25) is 4.79 Å². The zero-order chi connectivity index (χ0) is 16.0. The largest absolute Gasteiger partial charge is 0.384 e. The van der Waals surface area contributed by atoms with Gasteiger partial charge in [-0.15, -0.1) is 0 Å². The van der Waals surface area contributed by atoms with Crippen molar-refractivity contribution >= 4 is 17.8 Å². The Labute approximate surface area is 128 Å². The van der Waals surface area contributed by atoms with Crippen molar-refractivity contribution in [3.8, 4) is 0 Å². The van der Waals surface area contributed by atoms with Crippen molar-refractivity contribution in [2.24, 2.45) is 0 Å². The van der Waals surface area contributed by atoms with Gasteiger partial charge in [-0.1, -0.05) is 0 Å². The molecule has 0 atom stereocenters. The molecule has 1 aliphatic heterocycles. The lowest BCUT2D eigenvalue weighted by Crippen LogP contribution is -2.42. The predicted octanol–water partition coefficient (Wildman–Crippen LogP) is 1.52. The van der Waals surface area contributed by atoms with E-state index in [-0.39, 0.29) is 18.7 Å². The summed E-state index contributed by atoms with van der Waals surface area (Å²) >= 11 is 0. The predicted molar refractivity (Wildman–Crippen MR) is 81.3 cm³/mol. The topological polar surface area (TPSA) is 71.2 Å². The maximum Gasteiger partial charge on any atom is 0.250 e. The molecule has 1 aliphatic rings. The first kappa shape index (κ1) is 16.4. The number of nitrogen functional groups attached to an aromatic ring is 1. The van der Waals surface area contributed by atoms with Crippen molar-refractivity contribution < 1.29 is 13.6 Å². The number of piperidine rings is 1. The number of aromatic nitrogens is 1. The van der Waals surface area contributed by atoms with Crippen LogP contribution in [0.25, 0.3) is 6.08 Å². The van der Waals surface area contributed by atoms with Gasteiger partial charge in [-0.2, -0.15) is 0 Å². The summed E-state index contributed by atoms with van der Waals surface area (Å²) in [5.41, 5.74) is 6.25. The molecule has 0 radical (unpaired) electrons. The molecular weight excluding hydrogens is 290 g/mol. The zero-order valence-electron chi connectivity index (χ0n) is 12.3. The first-order chi connectivity index (χ1) is 10.4. The average molecular weight is 310 g/mol. The van der Waals surface area contributed by atoms with Crippen LogP contribution in [0.1, 0.15) is 18.4 Å². The Kier molecular flexibility index (Phi) is 5.43. The first-order valence-electron chi connectivity index (χ1n) is 7.22. The van der Waals surface area contributed by atoms with E-state index in [0.717, 1.165) is 5.56 Å². The summed E-state index contributed by atoms with van der Waals surface area (Å²) < 4.78 is 26.0. The van der Waals surface area contributed by atoms with Gasteiger partial charge in [0.25, 0.3) is 5.92 Å². The molecule has 2 heterocycles. The second-order valence-corrected chi connectivity index (χ2v) is 5.34. The Bertz CT molecular complexity index is 521. The number of carbonyl (C=O) groups is 1. The number of anilines is 1. The number of nitrogens with zero attached hydrogens (tertiary/aromatic N) is 2. The van der Waals surface area contributed by atoms with Gasteiger partial charge in [0.1, 0.15) is 5.82 Å². The number of halogens is 2. The maximum atomic E-state index is 13.0. The van der Waals surface area contributed by atoms with E-state index in [4.69, 9.17) is 5.73 Å². The Morgan fingerprint density at radius 1 is 1.41 bits per heavy atom. The number of pyridine rings is 1. The van der Waals surface area contributed by atoms with Gasteiger partial charge in [0.05, 0.1) is 0 Å². The minimum absolute atomic E-state index is 0.106. The third-order valence-corrected chi connectivity index (χ3v) is 3.55. The lowest BCUT2D eigenvalue weighted by Gasteiger charge is -2.31. The van der Waals surface area contributed by atoms with Crippen LogP contribution >= 0.6 is 0 Å². The molecule has 3 N–H and O–H groups in total. The monoisotopic (exact) mass is 310 g/mol. The van der Waals surface area contributed by atoms with Crippen molar-refractivity contribution in [2.75, 3.05) is 31.9 Å². The molecule has 0 aliphatic carbocycles. The average Bonchev–Trinajstić information content (AvgIpc) is 2.48. The molecule has 0 saturated carbocycles. The third-order valence-electron chi connectivity index (χ3n) is 3.55. The summed E-state index contributed by atoms with van der Waals surface area (Å²) in [6.07, 6.45) is 4.42. The van der Waals surface area contributed by atoms with Crippen LogP contribution in [0.4, 0.5) is 14.6 Å². The molecule has 0 unspecified atom stereocenters. The Morgan fingerprint density at radius 3 is 2.77 bits per heavy atom. The number of hydrogen-bond acceptors (Lipinski definition) is 4. The molecule has 1 amide bonds. The third kappa shape index (κ3) is 5.40. The van der Waals surface area contributed by atoms with Crippen molar-refractivity contribution in [3.05, 3.63) is 30.0 Å². The highest BCUT2D eigenvalue weighted by atomic mass is 19.3. The fourth-order valence-electron chi connectivity index (χ4n) is 2.19. The SMILES string of the molecule is Nc1ccc(/C=C/C(=O)NCCN2CCC(F)(F)CC2)cn1. The number of rotatable bonds is 5. The van der Waals surface area contributed by atoms with Gasteiger partial charge in [-0.25, -0.2) is 13.8 Å². The Morgan fingerprint density at radius 2 is 2.14 bits per heavy atom. The van der Waals surface area contributed by atoms with E-state index in [0.29, 0.717) is 32.0 Å². The lowest BCUT2D eigenvalue weighted by molar-refractivity contribution is -0.116. The van der Waals surface area contributed by atoms with Crippen LogP contribution in [0.2, 0.25) is 0 Å². The molecule has 1 fully saturated rings. The minimum atomic E-state index is -2.53. The fraction of sp³-hybridized carbons (Fsp3) is 0.467. The van der Waals surface area contributed by atoms with Crippen LogP contribution in [0, 0.1) is 0 Å². The minimum Gasteiger partial charge on any atom is -0.384 e. The smallest absolute Gasteiger partial charge is 0.250 e. The van der Waals surface area contributed by atoms with Crippen LogP contribution in [0.3, 0.4) is 0 Å². The normalized spacial score (nSPS) is 18.5. The number of nitrogens with one attached hydrogen (secondary N) is 1. The van der Waals surface area contributed by atoms with Gasteiger partial charge in [0, 0.05) is 51.3 Å². The van der Waals surface area contributed by atoms with Gasteiger partial charge in [0.15, 0.2) is 0 Å². The van der Waals surface area contributed by atoms with Crippen molar-refractivity contribution in [2.45, 2.75) is 18.8 Å². The molecular formula is C15H20F2N4O. The molecule has 2 rings (SSSR count). The molecule has 1 saturated heterocycles. The van der Waals surface area contributed by atoms with E-state index in [1.165, 1.54) is 6.08 Å². The zero-order valence-corrected chi connectivity index (χ0v) is 12.3. The molecule has 22 heavy (non-hydrogen) atoms. The van der Waals surface area contributed by atoms with Crippen LogP contribution in [0.5, 0.6) is 0 Å². The Balaban J connectivity index is 1.67. The Hall–Kier alpha value is -2.02. The first-order valence-corrected chi connectivity index (χ1v) is 7.22. The van der Waals surface area contributed by atoms with Crippen LogP contribution in [-0.2, 0) is 4.79 Å². The number of likely N-dealkylation sites (tertiary alicyclic amines) is 1. The lowest BCUT2D eigenvalue weighted by atomic mass is 10.1. The van der Waals surface area contributed by atoms with E-state index in [1.54, 1.807) is 24.4 Å². The molecule has 120 valence electrons.